The van der Waals surface area contributed by atoms with Crippen molar-refractivity contribution in [1.29, 1.82) is 0 Å². The van der Waals surface area contributed by atoms with Crippen LogP contribution in [0, 0.1) is 0 Å². The summed E-state index contributed by atoms with van der Waals surface area (Å²) in [6.07, 6.45) is 0. The van der Waals surface area contributed by atoms with Gasteiger partial charge in [-0.15, -0.1) is 0 Å². The summed E-state index contributed by atoms with van der Waals surface area (Å²) < 4.78 is 0. The first-order chi connectivity index (χ1) is 23.2. The number of rotatable bonds is 9. The molecule has 0 atom stereocenters. The Morgan fingerprint density at radius 1 is 0.333 bits per heavy atom. The maximum absolute atomic E-state index is 13.6. The monoisotopic (exact) mass is 831 g/mol. The Morgan fingerprint density at radius 2 is 0.521 bits per heavy atom. The van der Waals surface area contributed by atoms with Crippen molar-refractivity contribution >= 4 is 83.2 Å². The Morgan fingerprint density at radius 3 is 0.688 bits per heavy atom. The molecule has 4 aromatic rings. The first-order valence-electron chi connectivity index (χ1n) is 14.9. The molecule has 0 N–H and O–H groups in total. The predicted octanol–water partition coefficient (Wildman–Crippen LogP) is 6.76. The molecule has 0 saturated heterocycles. The number of halogens is 3. The zero-order chi connectivity index (χ0) is 33.9. The third kappa shape index (κ3) is 4.91. The highest BCUT2D eigenvalue weighted by Crippen LogP contribution is 2.39. The van der Waals surface area contributed by atoms with Gasteiger partial charge in [0.05, 0.1) is 53.0 Å². The van der Waals surface area contributed by atoms with Gasteiger partial charge in [-0.1, -0.05) is 84.2 Å². The Bertz CT molecular complexity index is 1770. The van der Waals surface area contributed by atoms with Crippen molar-refractivity contribution in [3.05, 3.63) is 140 Å². The number of carbonyl (C=O) groups excluding carboxylic acids is 6. The average Bonchev–Trinajstić information content (AvgIpc) is 3.61. The van der Waals surface area contributed by atoms with Gasteiger partial charge in [-0.2, -0.15) is 0 Å². The molecule has 0 aromatic heterocycles. The molecular weight excluding hydrogens is 810 g/mol. The minimum absolute atomic E-state index is 0.110. The molecule has 0 unspecified atom stereocenters. The van der Waals surface area contributed by atoms with Crippen LogP contribution in [0.25, 0.3) is 0 Å². The number of alkyl halides is 3. The van der Waals surface area contributed by atoms with Gasteiger partial charge in [0, 0.05) is 16.0 Å². The number of benzene rings is 4. The van der Waals surface area contributed by atoms with Gasteiger partial charge in [-0.25, -0.2) is 0 Å². The van der Waals surface area contributed by atoms with Crippen molar-refractivity contribution in [2.24, 2.45) is 0 Å². The summed E-state index contributed by atoms with van der Waals surface area (Å²) >= 11 is 10.9. The number of fused-ring (bicyclic) bond motifs is 3. The Hall–Kier alpha value is -4.26. The summed E-state index contributed by atoms with van der Waals surface area (Å²) in [7, 11) is 0. The molecule has 6 amide bonds. The third-order valence-electron chi connectivity index (χ3n) is 9.17. The molecule has 3 heterocycles. The highest BCUT2D eigenvalue weighted by Gasteiger charge is 2.41. The summed E-state index contributed by atoms with van der Waals surface area (Å²) in [5.74, 6) is -2.64. The van der Waals surface area contributed by atoms with Crippen molar-refractivity contribution in [3.8, 4) is 0 Å². The Labute approximate surface area is 300 Å². The smallest absolute Gasteiger partial charge is 0.261 e. The van der Waals surface area contributed by atoms with E-state index in [0.29, 0.717) is 66.8 Å². The molecule has 3 aliphatic rings. The molecular formula is C36H24Br3N3O6. The van der Waals surface area contributed by atoms with E-state index >= 15 is 0 Å². The second-order valence-electron chi connectivity index (χ2n) is 11.5. The van der Waals surface area contributed by atoms with Gasteiger partial charge in [-0.3, -0.25) is 43.5 Å². The molecule has 0 radical (unpaired) electrons. The van der Waals surface area contributed by atoms with E-state index < -0.39 is 35.4 Å². The van der Waals surface area contributed by atoms with Crippen LogP contribution in [0.5, 0.6) is 0 Å². The number of hydrogen-bond acceptors (Lipinski definition) is 6. The fourth-order valence-electron chi connectivity index (χ4n) is 6.77. The summed E-state index contributed by atoms with van der Waals surface area (Å²) in [6.45, 7) is -0.330. The van der Waals surface area contributed by atoms with Gasteiger partial charge in [0.2, 0.25) is 0 Å². The second-order valence-corrected chi connectivity index (χ2v) is 13.2. The topological polar surface area (TPSA) is 112 Å². The van der Waals surface area contributed by atoms with Crippen LogP contribution < -0.4 is 0 Å². The molecule has 0 bridgehead atoms. The highest BCUT2D eigenvalue weighted by molar-refractivity contribution is 9.09. The van der Waals surface area contributed by atoms with E-state index in [0.717, 1.165) is 0 Å². The Kier molecular flexibility index (Phi) is 8.51. The maximum Gasteiger partial charge on any atom is 0.261 e. The molecule has 0 fully saturated rings. The third-order valence-corrected chi connectivity index (χ3v) is 10.9. The Balaban J connectivity index is 1.40. The maximum atomic E-state index is 13.6. The summed E-state index contributed by atoms with van der Waals surface area (Å²) in [6, 6.07) is 19.9. The average molecular weight is 834 g/mol. The minimum Gasteiger partial charge on any atom is -0.270 e. The van der Waals surface area contributed by atoms with Crippen molar-refractivity contribution in [3.63, 3.8) is 0 Å². The van der Waals surface area contributed by atoms with E-state index in [1.165, 1.54) is 14.7 Å². The predicted molar refractivity (Wildman–Crippen MR) is 186 cm³/mol. The fraction of sp³-hybridized carbons (Fsp3) is 0.167. The lowest BCUT2D eigenvalue weighted by Gasteiger charge is -2.29. The fourth-order valence-corrected chi connectivity index (χ4v) is 8.80. The molecule has 240 valence electrons. The van der Waals surface area contributed by atoms with E-state index in [-0.39, 0.29) is 35.6 Å². The minimum atomic E-state index is -0.440. The van der Waals surface area contributed by atoms with Gasteiger partial charge in [0.15, 0.2) is 0 Å². The van der Waals surface area contributed by atoms with Crippen molar-refractivity contribution < 1.29 is 28.8 Å². The van der Waals surface area contributed by atoms with E-state index in [2.05, 4.69) is 47.8 Å². The molecule has 48 heavy (non-hydrogen) atoms. The number of amides is 6. The normalized spacial score (nSPS) is 15.2. The number of imide groups is 3. The highest BCUT2D eigenvalue weighted by atomic mass is 79.9. The van der Waals surface area contributed by atoms with Crippen LogP contribution >= 0.6 is 47.8 Å². The number of carbonyl (C=O) groups is 6. The number of nitrogens with zero attached hydrogens (tertiary/aromatic N) is 3. The van der Waals surface area contributed by atoms with Crippen LogP contribution in [0.3, 0.4) is 0 Å². The summed E-state index contributed by atoms with van der Waals surface area (Å²) in [5.41, 5.74) is 5.74. The summed E-state index contributed by atoms with van der Waals surface area (Å²) in [5, 5.41) is 0.784. The van der Waals surface area contributed by atoms with Crippen LogP contribution in [-0.4, -0.2) is 50.1 Å². The lowest BCUT2D eigenvalue weighted by molar-refractivity contribution is 0.0630. The molecule has 3 aliphatic heterocycles. The molecule has 0 aliphatic carbocycles. The van der Waals surface area contributed by atoms with Gasteiger partial charge in [0.1, 0.15) is 0 Å². The van der Waals surface area contributed by atoms with Crippen LogP contribution in [0.15, 0.2) is 72.8 Å². The first kappa shape index (κ1) is 32.3. The van der Waals surface area contributed by atoms with Crippen LogP contribution in [-0.2, 0) is 35.6 Å². The standard InChI is InChI=1S/C36H24Br3N3O6/c37-13-25-28(16-40-31(43)19-7-1-2-8-20(19)32(40)44)26(14-38)30(18-42-35(47)23-11-5-6-12-24(23)36(42)48)27(15-39)29(25)17-41-33(45)21-9-3-4-10-22(21)34(41)46/h1-12H,13-18H2. The van der Waals surface area contributed by atoms with E-state index in [4.69, 9.17) is 0 Å². The van der Waals surface area contributed by atoms with Gasteiger partial charge >= 0.3 is 0 Å². The SMILES string of the molecule is O=C1c2ccccc2C(=O)N1Cc1c(CBr)c(CN2C(=O)c3ccccc3C2=O)c(CBr)c(CN2C(=O)c3ccccc3C2=O)c1CBr. The second kappa shape index (κ2) is 12.6. The quantitative estimate of drug-likeness (QED) is 0.136. The van der Waals surface area contributed by atoms with Crippen molar-refractivity contribution in [2.45, 2.75) is 35.6 Å². The molecule has 12 heteroatoms. The van der Waals surface area contributed by atoms with Crippen LogP contribution in [0.2, 0.25) is 0 Å². The zero-order valence-corrected chi connectivity index (χ0v) is 29.9. The molecule has 0 spiro atoms. The van der Waals surface area contributed by atoms with E-state index in [1.54, 1.807) is 72.8 Å². The van der Waals surface area contributed by atoms with Crippen LogP contribution in [0.1, 0.15) is 95.5 Å². The van der Waals surface area contributed by atoms with E-state index in [9.17, 15) is 28.8 Å². The molecule has 7 rings (SSSR count). The van der Waals surface area contributed by atoms with Gasteiger partial charge in [-0.05, 0) is 69.8 Å². The molecule has 0 saturated carbocycles. The van der Waals surface area contributed by atoms with E-state index in [1.807, 2.05) is 0 Å². The van der Waals surface area contributed by atoms with Gasteiger partial charge < -0.3 is 0 Å². The van der Waals surface area contributed by atoms with Crippen LogP contribution in [0.4, 0.5) is 0 Å². The number of hydrogen-bond donors (Lipinski definition) is 0. The molecule has 9 nitrogen and oxygen atoms in total. The van der Waals surface area contributed by atoms with Gasteiger partial charge in [0.25, 0.3) is 35.4 Å². The zero-order valence-electron chi connectivity index (χ0n) is 25.1. The molecule has 4 aromatic carbocycles. The van der Waals surface area contributed by atoms with Crippen molar-refractivity contribution in [2.75, 3.05) is 0 Å². The lowest BCUT2D eigenvalue weighted by Crippen LogP contribution is -2.34. The first-order valence-corrected chi connectivity index (χ1v) is 18.3. The summed E-state index contributed by atoms with van der Waals surface area (Å²) in [4.78, 5) is 84.9. The lowest BCUT2D eigenvalue weighted by atomic mass is 9.87. The largest absolute Gasteiger partial charge is 0.270 e. The van der Waals surface area contributed by atoms with Crippen molar-refractivity contribution in [1.82, 2.24) is 14.7 Å².